The first-order valence-corrected chi connectivity index (χ1v) is 8.15. The fraction of sp³-hybridized carbons (Fsp3) is 0.500. The Morgan fingerprint density at radius 1 is 1.42 bits per heavy atom. The molecule has 1 aromatic rings. The average molecular weight is 370 g/mol. The molecule has 2 rings (SSSR count). The van der Waals surface area contributed by atoms with Crippen LogP contribution in [0.2, 0.25) is 0 Å². The zero-order chi connectivity index (χ0) is 13.3. The third-order valence-corrected chi connectivity index (χ3v) is 6.08. The van der Waals surface area contributed by atoms with Gasteiger partial charge in [0, 0.05) is 30.1 Å². The third kappa shape index (κ3) is 3.49. The van der Waals surface area contributed by atoms with Crippen LogP contribution in [-0.4, -0.2) is 38.4 Å². The Labute approximate surface area is 129 Å². The van der Waals surface area contributed by atoms with Gasteiger partial charge in [0.2, 0.25) is 10.0 Å². The molecule has 0 aliphatic carbocycles. The molecule has 0 spiro atoms. The van der Waals surface area contributed by atoms with Gasteiger partial charge in [-0.05, 0) is 37.6 Å². The molecule has 1 aromatic carbocycles. The van der Waals surface area contributed by atoms with Crippen LogP contribution in [0.4, 0.5) is 0 Å². The zero-order valence-corrected chi connectivity index (χ0v) is 14.1. The molecule has 1 fully saturated rings. The van der Waals surface area contributed by atoms with Gasteiger partial charge in [-0.3, -0.25) is 0 Å². The molecule has 4 nitrogen and oxygen atoms in total. The molecule has 1 saturated heterocycles. The summed E-state index contributed by atoms with van der Waals surface area (Å²) in [5.74, 6) is 0. The van der Waals surface area contributed by atoms with Crippen LogP contribution < -0.4 is 5.32 Å². The van der Waals surface area contributed by atoms with Gasteiger partial charge in [0.25, 0.3) is 0 Å². The Kier molecular flexibility index (Phi) is 5.82. The molecule has 0 saturated carbocycles. The van der Waals surface area contributed by atoms with Gasteiger partial charge in [-0.2, -0.15) is 4.31 Å². The van der Waals surface area contributed by atoms with Gasteiger partial charge >= 0.3 is 0 Å². The molecular weight excluding hydrogens is 352 g/mol. The van der Waals surface area contributed by atoms with Gasteiger partial charge in [0.05, 0.1) is 4.90 Å². The smallest absolute Gasteiger partial charge is 0.243 e. The van der Waals surface area contributed by atoms with Gasteiger partial charge < -0.3 is 5.32 Å². The fourth-order valence-corrected chi connectivity index (χ4v) is 4.06. The van der Waals surface area contributed by atoms with E-state index in [1.807, 2.05) is 13.8 Å². The summed E-state index contributed by atoms with van der Waals surface area (Å²) >= 11 is 3.39. The molecule has 1 aliphatic rings. The van der Waals surface area contributed by atoms with Gasteiger partial charge in [0.15, 0.2) is 0 Å². The molecule has 1 atom stereocenters. The Bertz CT molecular complexity index is 551. The van der Waals surface area contributed by atoms with E-state index in [1.54, 1.807) is 22.5 Å². The second kappa shape index (κ2) is 6.54. The molecular formula is C12H18BrClN2O2S. The van der Waals surface area contributed by atoms with E-state index in [4.69, 9.17) is 0 Å². The number of piperazine rings is 1. The molecule has 0 aromatic heterocycles. The van der Waals surface area contributed by atoms with Gasteiger partial charge in [-0.15, -0.1) is 12.4 Å². The summed E-state index contributed by atoms with van der Waals surface area (Å²) < 4.78 is 27.6. The van der Waals surface area contributed by atoms with Crippen LogP contribution in [0.1, 0.15) is 12.5 Å². The van der Waals surface area contributed by atoms with Gasteiger partial charge in [-0.25, -0.2) is 8.42 Å². The first kappa shape index (κ1) is 16.9. The van der Waals surface area contributed by atoms with Crippen LogP contribution >= 0.6 is 28.3 Å². The maximum atomic E-state index is 12.5. The lowest BCUT2D eigenvalue weighted by Gasteiger charge is -2.32. The van der Waals surface area contributed by atoms with E-state index in [2.05, 4.69) is 21.2 Å². The number of hydrogen-bond donors (Lipinski definition) is 1. The van der Waals surface area contributed by atoms with Crippen LogP contribution in [0.25, 0.3) is 0 Å². The Balaban J connectivity index is 0.00000180. The number of aryl methyl sites for hydroxylation is 1. The van der Waals surface area contributed by atoms with E-state index in [0.717, 1.165) is 10.0 Å². The first-order chi connectivity index (χ1) is 8.43. The highest BCUT2D eigenvalue weighted by atomic mass is 79.9. The van der Waals surface area contributed by atoms with Crippen molar-refractivity contribution >= 4 is 38.4 Å². The molecule has 1 heterocycles. The number of rotatable bonds is 2. The first-order valence-electron chi connectivity index (χ1n) is 5.91. The maximum absolute atomic E-state index is 12.5. The van der Waals surface area contributed by atoms with E-state index >= 15 is 0 Å². The van der Waals surface area contributed by atoms with Crippen molar-refractivity contribution in [1.29, 1.82) is 0 Å². The van der Waals surface area contributed by atoms with Gasteiger partial charge in [-0.1, -0.05) is 15.9 Å². The van der Waals surface area contributed by atoms with Crippen molar-refractivity contribution in [3.8, 4) is 0 Å². The van der Waals surface area contributed by atoms with E-state index < -0.39 is 10.0 Å². The lowest BCUT2D eigenvalue weighted by atomic mass is 10.2. The van der Waals surface area contributed by atoms with E-state index in [0.29, 0.717) is 24.5 Å². The monoisotopic (exact) mass is 368 g/mol. The number of benzene rings is 1. The molecule has 1 aliphatic heterocycles. The number of sulfonamides is 1. The highest BCUT2D eigenvalue weighted by Gasteiger charge is 2.30. The topological polar surface area (TPSA) is 49.4 Å². The Morgan fingerprint density at radius 3 is 2.68 bits per heavy atom. The molecule has 0 radical (unpaired) electrons. The molecule has 7 heteroatoms. The summed E-state index contributed by atoms with van der Waals surface area (Å²) in [6.07, 6.45) is 0. The fourth-order valence-electron chi connectivity index (χ4n) is 2.09. The minimum Gasteiger partial charge on any atom is -0.314 e. The normalized spacial score (nSPS) is 20.9. The predicted molar refractivity (Wildman–Crippen MR) is 82.4 cm³/mol. The predicted octanol–water partition coefficient (Wildman–Crippen LogP) is 2.16. The second-order valence-corrected chi connectivity index (χ2v) is 7.32. The minimum atomic E-state index is -3.38. The highest BCUT2D eigenvalue weighted by Crippen LogP contribution is 2.24. The SMILES string of the molecule is Cc1cc(S(=O)(=O)N2CCNC[C@@H]2C)ccc1Br.Cl. The molecule has 0 amide bonds. The number of hydrogen-bond acceptors (Lipinski definition) is 3. The van der Waals surface area contributed by atoms with Crippen LogP contribution in [0.3, 0.4) is 0 Å². The van der Waals surface area contributed by atoms with Crippen molar-refractivity contribution in [3.05, 3.63) is 28.2 Å². The lowest BCUT2D eigenvalue weighted by molar-refractivity contribution is 0.284. The average Bonchev–Trinajstić information content (AvgIpc) is 2.33. The molecule has 0 bridgehead atoms. The van der Waals surface area contributed by atoms with E-state index in [1.165, 1.54) is 0 Å². The largest absolute Gasteiger partial charge is 0.314 e. The lowest BCUT2D eigenvalue weighted by Crippen LogP contribution is -2.52. The van der Waals surface area contributed by atoms with Crippen LogP contribution in [0, 0.1) is 6.92 Å². The number of nitrogens with one attached hydrogen (secondary N) is 1. The Morgan fingerprint density at radius 2 is 2.11 bits per heavy atom. The summed E-state index contributed by atoms with van der Waals surface area (Å²) in [5, 5.41) is 3.19. The third-order valence-electron chi connectivity index (χ3n) is 3.18. The molecule has 0 unspecified atom stereocenters. The summed E-state index contributed by atoms with van der Waals surface area (Å²) in [5.41, 5.74) is 0.930. The maximum Gasteiger partial charge on any atom is 0.243 e. The number of halogens is 2. The van der Waals surface area contributed by atoms with Gasteiger partial charge in [0.1, 0.15) is 0 Å². The molecule has 1 N–H and O–H groups in total. The standard InChI is InChI=1S/C12H17BrN2O2S.ClH/c1-9-7-11(3-4-12(9)13)18(16,17)15-6-5-14-8-10(15)2;/h3-4,7,10,14H,5-6,8H2,1-2H3;1H/t10-;/m0./s1. The van der Waals surface area contributed by atoms with Crippen LogP contribution in [-0.2, 0) is 10.0 Å². The van der Waals surface area contributed by atoms with Crippen molar-refractivity contribution in [2.24, 2.45) is 0 Å². The molecule has 19 heavy (non-hydrogen) atoms. The summed E-state index contributed by atoms with van der Waals surface area (Å²) in [7, 11) is -3.38. The summed E-state index contributed by atoms with van der Waals surface area (Å²) in [6, 6.07) is 5.15. The van der Waals surface area contributed by atoms with Crippen molar-refractivity contribution in [3.63, 3.8) is 0 Å². The summed E-state index contributed by atoms with van der Waals surface area (Å²) in [4.78, 5) is 0.372. The quantitative estimate of drug-likeness (QED) is 0.869. The Hall–Kier alpha value is -0.140. The second-order valence-electron chi connectivity index (χ2n) is 4.58. The van der Waals surface area contributed by atoms with Crippen molar-refractivity contribution in [1.82, 2.24) is 9.62 Å². The van der Waals surface area contributed by atoms with Crippen molar-refractivity contribution in [2.75, 3.05) is 19.6 Å². The van der Waals surface area contributed by atoms with Crippen LogP contribution in [0.5, 0.6) is 0 Å². The summed E-state index contributed by atoms with van der Waals surface area (Å²) in [6.45, 7) is 5.76. The highest BCUT2D eigenvalue weighted by molar-refractivity contribution is 9.10. The van der Waals surface area contributed by atoms with Crippen molar-refractivity contribution < 1.29 is 8.42 Å². The van der Waals surface area contributed by atoms with E-state index in [9.17, 15) is 8.42 Å². The van der Waals surface area contributed by atoms with Crippen molar-refractivity contribution in [2.45, 2.75) is 24.8 Å². The van der Waals surface area contributed by atoms with Crippen LogP contribution in [0.15, 0.2) is 27.6 Å². The zero-order valence-electron chi connectivity index (χ0n) is 10.9. The molecule has 108 valence electrons. The van der Waals surface area contributed by atoms with E-state index in [-0.39, 0.29) is 18.4 Å². The minimum absolute atomic E-state index is 0. The number of nitrogens with zero attached hydrogens (tertiary/aromatic N) is 1.